The van der Waals surface area contributed by atoms with Crippen molar-refractivity contribution in [2.24, 2.45) is 10.9 Å². The molecule has 1 aliphatic rings. The van der Waals surface area contributed by atoms with Gasteiger partial charge >= 0.3 is 0 Å². The summed E-state index contributed by atoms with van der Waals surface area (Å²) in [5.41, 5.74) is 0. The number of hydrogen-bond donors (Lipinski definition) is 3. The van der Waals surface area contributed by atoms with Crippen molar-refractivity contribution < 1.29 is 0 Å². The molecule has 1 rings (SSSR count). The van der Waals surface area contributed by atoms with Gasteiger partial charge in [0, 0.05) is 13.6 Å². The molecule has 0 aromatic heterocycles. The highest BCUT2D eigenvalue weighted by molar-refractivity contribution is 5.93. The fourth-order valence-corrected chi connectivity index (χ4v) is 0.915. The minimum atomic E-state index is 0.322. The Labute approximate surface area is 73.0 Å². The van der Waals surface area contributed by atoms with Crippen LogP contribution in [0.15, 0.2) is 4.99 Å². The topological polar surface area (TPSA) is 60.3 Å². The number of nitrogens with zero attached hydrogens (tertiary/aromatic N) is 1. The number of aliphatic imine (C=N–C) groups is 1. The normalized spacial score (nSPS) is 17.3. The second-order valence-electron chi connectivity index (χ2n) is 3.12. The molecule has 68 valence electrons. The van der Waals surface area contributed by atoms with E-state index in [1.807, 2.05) is 7.05 Å². The molecule has 1 aliphatic carbocycles. The summed E-state index contributed by atoms with van der Waals surface area (Å²) in [5, 5.41) is 13.2. The molecule has 0 radical (unpaired) electrons. The van der Waals surface area contributed by atoms with E-state index in [1.165, 1.54) is 12.8 Å². The molecule has 0 bridgehead atoms. The van der Waals surface area contributed by atoms with Crippen molar-refractivity contribution in [3.8, 4) is 0 Å². The molecule has 12 heavy (non-hydrogen) atoms. The Hall–Kier alpha value is -1.06. The van der Waals surface area contributed by atoms with Gasteiger partial charge in [-0.1, -0.05) is 0 Å². The van der Waals surface area contributed by atoms with Crippen LogP contribution in [0.5, 0.6) is 0 Å². The van der Waals surface area contributed by atoms with Crippen molar-refractivity contribution in [3.63, 3.8) is 0 Å². The highest BCUT2D eigenvalue weighted by atomic mass is 15.2. The monoisotopic (exact) mass is 168 g/mol. The molecule has 4 nitrogen and oxygen atoms in total. The van der Waals surface area contributed by atoms with Gasteiger partial charge in [-0.15, -0.1) is 0 Å². The molecule has 0 heterocycles. The molecule has 0 aromatic rings. The Morgan fingerprint density at radius 3 is 2.67 bits per heavy atom. The van der Waals surface area contributed by atoms with Gasteiger partial charge in [-0.2, -0.15) is 0 Å². The van der Waals surface area contributed by atoms with Gasteiger partial charge in [0.05, 0.1) is 0 Å². The minimum Gasteiger partial charge on any atom is -0.359 e. The quantitative estimate of drug-likeness (QED) is 0.417. The summed E-state index contributed by atoms with van der Waals surface area (Å²) < 4.78 is 0. The lowest BCUT2D eigenvalue weighted by Gasteiger charge is -2.07. The van der Waals surface area contributed by atoms with Crippen molar-refractivity contribution in [2.45, 2.75) is 19.8 Å². The van der Waals surface area contributed by atoms with Crippen LogP contribution in [0.25, 0.3) is 0 Å². The average Bonchev–Trinajstić information content (AvgIpc) is 2.80. The van der Waals surface area contributed by atoms with Gasteiger partial charge in [0.1, 0.15) is 5.84 Å². The number of rotatable bonds is 2. The number of amidine groups is 1. The van der Waals surface area contributed by atoms with Gasteiger partial charge in [0.25, 0.3) is 0 Å². The summed E-state index contributed by atoms with van der Waals surface area (Å²) in [4.78, 5) is 3.97. The Balaban J connectivity index is 2.27. The molecule has 0 atom stereocenters. The molecule has 0 amide bonds. The third-order valence-electron chi connectivity index (χ3n) is 1.77. The van der Waals surface area contributed by atoms with Crippen LogP contribution in [-0.2, 0) is 0 Å². The maximum atomic E-state index is 7.16. The molecule has 0 aliphatic heterocycles. The second-order valence-corrected chi connectivity index (χ2v) is 3.12. The van der Waals surface area contributed by atoms with E-state index in [0.717, 1.165) is 12.5 Å². The summed E-state index contributed by atoms with van der Waals surface area (Å²) >= 11 is 0. The van der Waals surface area contributed by atoms with E-state index in [1.54, 1.807) is 6.92 Å². The molecule has 0 saturated heterocycles. The summed E-state index contributed by atoms with van der Waals surface area (Å²) in [5.74, 6) is 1.85. The van der Waals surface area contributed by atoms with Gasteiger partial charge in [-0.3, -0.25) is 5.41 Å². The maximum Gasteiger partial charge on any atom is 0.197 e. The average molecular weight is 168 g/mol. The molecule has 3 N–H and O–H groups in total. The summed E-state index contributed by atoms with van der Waals surface area (Å²) in [7, 11) is 1.81. The van der Waals surface area contributed by atoms with Gasteiger partial charge in [0.2, 0.25) is 0 Å². The van der Waals surface area contributed by atoms with E-state index < -0.39 is 0 Å². The maximum absolute atomic E-state index is 7.16. The molecule has 0 spiro atoms. The van der Waals surface area contributed by atoms with E-state index in [-0.39, 0.29) is 0 Å². The van der Waals surface area contributed by atoms with Gasteiger partial charge in [-0.25, -0.2) is 4.99 Å². The zero-order chi connectivity index (χ0) is 8.97. The van der Waals surface area contributed by atoms with Crippen LogP contribution in [0, 0.1) is 11.3 Å². The first-order valence-electron chi connectivity index (χ1n) is 4.28. The first-order chi connectivity index (χ1) is 5.72. The van der Waals surface area contributed by atoms with Crippen molar-refractivity contribution in [1.29, 1.82) is 5.41 Å². The Morgan fingerprint density at radius 1 is 1.58 bits per heavy atom. The zero-order valence-corrected chi connectivity index (χ0v) is 7.65. The summed E-state index contributed by atoms with van der Waals surface area (Å²) in [6, 6.07) is 0. The van der Waals surface area contributed by atoms with E-state index in [0.29, 0.717) is 11.8 Å². The molecule has 1 fully saturated rings. The van der Waals surface area contributed by atoms with E-state index >= 15 is 0 Å². The zero-order valence-electron chi connectivity index (χ0n) is 7.65. The summed E-state index contributed by atoms with van der Waals surface area (Å²) in [6.45, 7) is 2.64. The highest BCUT2D eigenvalue weighted by Crippen LogP contribution is 2.27. The number of nitrogens with one attached hydrogen (secondary N) is 3. The third kappa shape index (κ3) is 3.37. The minimum absolute atomic E-state index is 0.322. The highest BCUT2D eigenvalue weighted by Gasteiger charge is 2.20. The van der Waals surface area contributed by atoms with E-state index in [9.17, 15) is 0 Å². The van der Waals surface area contributed by atoms with Crippen LogP contribution >= 0.6 is 0 Å². The molecule has 0 aromatic carbocycles. The van der Waals surface area contributed by atoms with Crippen LogP contribution in [0.2, 0.25) is 0 Å². The van der Waals surface area contributed by atoms with E-state index in [2.05, 4.69) is 15.6 Å². The number of guanidine groups is 1. The Morgan fingerprint density at radius 2 is 2.25 bits per heavy atom. The predicted octanol–water partition coefficient (Wildman–Crippen LogP) is 0.559. The van der Waals surface area contributed by atoms with Crippen LogP contribution in [-0.4, -0.2) is 25.4 Å². The summed E-state index contributed by atoms with van der Waals surface area (Å²) in [6.07, 6.45) is 2.65. The first kappa shape index (κ1) is 9.03. The van der Waals surface area contributed by atoms with Crippen LogP contribution < -0.4 is 10.6 Å². The lowest BCUT2D eigenvalue weighted by molar-refractivity contribution is 0.756. The van der Waals surface area contributed by atoms with Gasteiger partial charge in [-0.05, 0) is 25.7 Å². The van der Waals surface area contributed by atoms with Crippen molar-refractivity contribution in [2.75, 3.05) is 13.6 Å². The fourth-order valence-electron chi connectivity index (χ4n) is 0.915. The Kier molecular flexibility index (Phi) is 3.08. The van der Waals surface area contributed by atoms with Crippen LogP contribution in [0.3, 0.4) is 0 Å². The van der Waals surface area contributed by atoms with Gasteiger partial charge < -0.3 is 10.6 Å². The predicted molar refractivity (Wildman–Crippen MR) is 50.6 cm³/mol. The first-order valence-corrected chi connectivity index (χ1v) is 4.28. The molecule has 0 unspecified atom stereocenters. The Bertz CT molecular complexity index is 193. The van der Waals surface area contributed by atoms with Gasteiger partial charge in [0.15, 0.2) is 5.96 Å². The molecular weight excluding hydrogens is 152 g/mol. The lowest BCUT2D eigenvalue weighted by atomic mass is 10.4. The smallest absolute Gasteiger partial charge is 0.197 e. The van der Waals surface area contributed by atoms with Crippen LogP contribution in [0.1, 0.15) is 19.8 Å². The molecular formula is C8H16N4. The van der Waals surface area contributed by atoms with Crippen LogP contribution in [0.4, 0.5) is 0 Å². The largest absolute Gasteiger partial charge is 0.359 e. The molecule has 1 saturated carbocycles. The standard InChI is InChI=1S/C8H16N4/c1-6(9)12-8(10-2)11-5-7-3-4-7/h7H,3-5H2,1-2H3,(H3,9,10,11,12). The fraction of sp³-hybridized carbons (Fsp3) is 0.750. The van der Waals surface area contributed by atoms with Crippen molar-refractivity contribution in [3.05, 3.63) is 0 Å². The third-order valence-corrected chi connectivity index (χ3v) is 1.77. The second kappa shape index (κ2) is 4.09. The van der Waals surface area contributed by atoms with Crippen molar-refractivity contribution in [1.82, 2.24) is 10.6 Å². The van der Waals surface area contributed by atoms with E-state index in [4.69, 9.17) is 5.41 Å². The number of hydrogen-bond acceptors (Lipinski definition) is 1. The molecule has 4 heteroatoms. The lowest BCUT2D eigenvalue weighted by Crippen LogP contribution is -2.36. The SMILES string of the molecule is CN/C(=N\C(C)=N)NCC1CC1. The van der Waals surface area contributed by atoms with Crippen molar-refractivity contribution >= 4 is 11.8 Å².